The van der Waals surface area contributed by atoms with Crippen molar-refractivity contribution in [2.75, 3.05) is 19.8 Å². The van der Waals surface area contributed by atoms with E-state index in [0.717, 1.165) is 30.4 Å². The first-order valence-corrected chi connectivity index (χ1v) is 14.2. The maximum absolute atomic E-state index is 10.7. The zero-order valence-corrected chi connectivity index (χ0v) is 23.3. The van der Waals surface area contributed by atoms with Crippen LogP contribution in [0.1, 0.15) is 36.8 Å². The zero-order chi connectivity index (χ0) is 30.3. The third-order valence-electron chi connectivity index (χ3n) is 7.87. The number of unbranched alkanes of at least 4 members (excludes halogenated alkanes) is 1. The normalized spacial score (nSPS) is 32.2. The lowest BCUT2D eigenvalue weighted by molar-refractivity contribution is -0.319. The Morgan fingerprint density at radius 1 is 0.786 bits per heavy atom. The summed E-state index contributed by atoms with van der Waals surface area (Å²) >= 11 is 0. The summed E-state index contributed by atoms with van der Waals surface area (Å²) in [5.74, 6) is 0.374. The molecule has 0 bridgehead atoms. The number of hydrogen-bond acceptors (Lipinski definition) is 12. The second-order valence-corrected chi connectivity index (χ2v) is 11.1. The van der Waals surface area contributed by atoms with E-state index in [2.05, 4.69) is 0 Å². The third-order valence-corrected chi connectivity index (χ3v) is 7.87. The van der Waals surface area contributed by atoms with Crippen molar-refractivity contribution in [1.82, 2.24) is 0 Å². The van der Waals surface area contributed by atoms with Crippen molar-refractivity contribution >= 4 is 0 Å². The van der Waals surface area contributed by atoms with E-state index in [-0.39, 0.29) is 30.8 Å². The van der Waals surface area contributed by atoms with E-state index >= 15 is 0 Å². The van der Waals surface area contributed by atoms with Gasteiger partial charge in [-0.05, 0) is 67.5 Å². The highest BCUT2D eigenvalue weighted by atomic mass is 16.7. The van der Waals surface area contributed by atoms with Gasteiger partial charge in [-0.2, -0.15) is 0 Å². The standard InChI is InChI=1S/C30H42O12/c31-16-30(38)17-40-29(27(30)37)39-15-23-24(34)25(35)26(36)28(42-23)41-22(14-9-19-7-12-21(33)13-8-19)4-2-1-3-18-5-10-20(32)11-6-18/h5-8,10-13,22-29,31-38H,1-4,9,14-17H2/t22?,23-,24-,25+,26-,27+,28-,29-,30-/m1/s1. The maximum atomic E-state index is 10.7. The van der Waals surface area contributed by atoms with Crippen LogP contribution < -0.4 is 0 Å². The smallest absolute Gasteiger partial charge is 0.186 e. The van der Waals surface area contributed by atoms with Gasteiger partial charge in [0.25, 0.3) is 0 Å². The van der Waals surface area contributed by atoms with Crippen LogP contribution >= 0.6 is 0 Å². The largest absolute Gasteiger partial charge is 0.508 e. The topological polar surface area (TPSA) is 199 Å². The molecule has 2 aliphatic rings. The van der Waals surface area contributed by atoms with Gasteiger partial charge in [0.05, 0.1) is 25.9 Å². The quantitative estimate of drug-likeness (QED) is 0.137. The van der Waals surface area contributed by atoms with Gasteiger partial charge >= 0.3 is 0 Å². The number of ether oxygens (including phenoxy) is 4. The average Bonchev–Trinajstić information content (AvgIpc) is 3.28. The second kappa shape index (κ2) is 14.9. The fraction of sp³-hybridized carbons (Fsp3) is 0.600. The van der Waals surface area contributed by atoms with E-state index in [1.54, 1.807) is 24.3 Å². The summed E-state index contributed by atoms with van der Waals surface area (Å²) in [6.07, 6.45) is -6.13. The molecule has 9 atom stereocenters. The van der Waals surface area contributed by atoms with Gasteiger partial charge in [-0.15, -0.1) is 0 Å². The van der Waals surface area contributed by atoms with E-state index in [9.17, 15) is 40.9 Å². The Balaban J connectivity index is 1.36. The van der Waals surface area contributed by atoms with Crippen molar-refractivity contribution in [3.8, 4) is 11.5 Å². The van der Waals surface area contributed by atoms with Crippen LogP contribution in [0.5, 0.6) is 11.5 Å². The van der Waals surface area contributed by atoms with Crippen molar-refractivity contribution in [3.63, 3.8) is 0 Å². The van der Waals surface area contributed by atoms with Crippen molar-refractivity contribution < 1.29 is 59.8 Å². The van der Waals surface area contributed by atoms with Crippen LogP contribution in [0.15, 0.2) is 48.5 Å². The highest BCUT2D eigenvalue weighted by Gasteiger charge is 2.50. The lowest BCUT2D eigenvalue weighted by Gasteiger charge is -2.41. The summed E-state index contributed by atoms with van der Waals surface area (Å²) < 4.78 is 22.7. The molecule has 0 aromatic heterocycles. The molecule has 0 aliphatic carbocycles. The van der Waals surface area contributed by atoms with Gasteiger partial charge in [0.2, 0.25) is 0 Å². The van der Waals surface area contributed by atoms with Gasteiger partial charge in [-0.1, -0.05) is 30.7 Å². The molecular formula is C30H42O12. The number of aliphatic hydroxyl groups is 6. The first-order valence-electron chi connectivity index (χ1n) is 14.2. The molecule has 2 aromatic rings. The first kappa shape index (κ1) is 32.6. The molecule has 2 heterocycles. The summed E-state index contributed by atoms with van der Waals surface area (Å²) in [5, 5.41) is 80.5. The summed E-state index contributed by atoms with van der Waals surface area (Å²) in [6, 6.07) is 13.9. The predicted molar refractivity (Wildman–Crippen MR) is 147 cm³/mol. The van der Waals surface area contributed by atoms with Crippen molar-refractivity contribution in [1.29, 1.82) is 0 Å². The predicted octanol–water partition coefficient (Wildman–Crippen LogP) is 0.0934. The van der Waals surface area contributed by atoms with Crippen LogP contribution in [0.3, 0.4) is 0 Å². The number of aliphatic hydroxyl groups excluding tert-OH is 5. The van der Waals surface area contributed by atoms with Gasteiger partial charge in [0, 0.05) is 0 Å². The van der Waals surface area contributed by atoms with Crippen LogP contribution in [0.25, 0.3) is 0 Å². The fourth-order valence-corrected chi connectivity index (χ4v) is 5.12. The highest BCUT2D eigenvalue weighted by Crippen LogP contribution is 2.29. The van der Waals surface area contributed by atoms with Crippen LogP contribution in [0, 0.1) is 0 Å². The Kier molecular flexibility index (Phi) is 11.5. The molecule has 8 N–H and O–H groups in total. The molecule has 2 aliphatic heterocycles. The summed E-state index contributed by atoms with van der Waals surface area (Å²) in [7, 11) is 0. The summed E-state index contributed by atoms with van der Waals surface area (Å²) in [4.78, 5) is 0. The molecule has 12 nitrogen and oxygen atoms in total. The molecule has 2 saturated heterocycles. The van der Waals surface area contributed by atoms with Crippen molar-refractivity contribution in [2.24, 2.45) is 0 Å². The second-order valence-electron chi connectivity index (χ2n) is 11.1. The maximum Gasteiger partial charge on any atom is 0.186 e. The molecule has 234 valence electrons. The molecule has 42 heavy (non-hydrogen) atoms. The minimum Gasteiger partial charge on any atom is -0.508 e. The number of aryl methyl sites for hydroxylation is 2. The monoisotopic (exact) mass is 594 g/mol. The van der Waals surface area contributed by atoms with Gasteiger partial charge in [0.15, 0.2) is 12.6 Å². The molecule has 1 unspecified atom stereocenters. The number of benzene rings is 2. The fourth-order valence-electron chi connectivity index (χ4n) is 5.12. The Hall–Kier alpha value is -2.36. The molecular weight excluding hydrogens is 552 g/mol. The first-order chi connectivity index (χ1) is 20.1. The van der Waals surface area contributed by atoms with Gasteiger partial charge in [-0.3, -0.25) is 0 Å². The SMILES string of the molecule is OC[C@@]1(O)CO[C@@H](OC[C@H]2O[C@@H](OC(CCCCc3ccc(O)cc3)CCc3ccc(O)cc3)[C@H](O)[C@@H](O)[C@@H]2O)[C@@H]1O. The summed E-state index contributed by atoms with van der Waals surface area (Å²) in [6.45, 7) is -1.46. The third kappa shape index (κ3) is 8.38. The van der Waals surface area contributed by atoms with Crippen LogP contribution in [-0.4, -0.2) is 115 Å². The minimum absolute atomic E-state index is 0.164. The number of rotatable bonds is 14. The van der Waals surface area contributed by atoms with Gasteiger partial charge < -0.3 is 59.8 Å². The van der Waals surface area contributed by atoms with Gasteiger partial charge in [0.1, 0.15) is 47.6 Å². The number of hydrogen-bond donors (Lipinski definition) is 8. The van der Waals surface area contributed by atoms with E-state index < -0.39 is 55.3 Å². The van der Waals surface area contributed by atoms with E-state index in [1.807, 2.05) is 24.3 Å². The Morgan fingerprint density at radius 3 is 2.00 bits per heavy atom. The molecule has 0 amide bonds. The van der Waals surface area contributed by atoms with E-state index in [1.165, 1.54) is 0 Å². The van der Waals surface area contributed by atoms with Gasteiger partial charge in [-0.25, -0.2) is 0 Å². The molecule has 0 spiro atoms. The average molecular weight is 595 g/mol. The van der Waals surface area contributed by atoms with E-state index in [0.29, 0.717) is 19.3 Å². The van der Waals surface area contributed by atoms with Crippen LogP contribution in [0.4, 0.5) is 0 Å². The Morgan fingerprint density at radius 2 is 1.40 bits per heavy atom. The van der Waals surface area contributed by atoms with Crippen LogP contribution in [0.2, 0.25) is 0 Å². The number of phenols is 2. The highest BCUT2D eigenvalue weighted by molar-refractivity contribution is 5.26. The lowest BCUT2D eigenvalue weighted by atomic mass is 9.98. The minimum atomic E-state index is -1.88. The molecule has 2 fully saturated rings. The Bertz CT molecular complexity index is 1080. The van der Waals surface area contributed by atoms with Crippen LogP contribution in [-0.2, 0) is 31.8 Å². The lowest BCUT2D eigenvalue weighted by Crippen LogP contribution is -2.60. The van der Waals surface area contributed by atoms with Crippen molar-refractivity contribution in [3.05, 3.63) is 59.7 Å². The zero-order valence-electron chi connectivity index (χ0n) is 23.3. The molecule has 0 radical (unpaired) electrons. The number of aromatic hydroxyl groups is 2. The van der Waals surface area contributed by atoms with Crippen molar-refractivity contribution in [2.45, 2.75) is 93.3 Å². The summed E-state index contributed by atoms with van der Waals surface area (Å²) in [5.41, 5.74) is 0.190. The molecule has 12 heteroatoms. The molecule has 2 aromatic carbocycles. The number of phenolic OH excluding ortho intramolecular Hbond substituents is 2. The Labute approximate surface area is 244 Å². The molecule has 4 rings (SSSR count). The molecule has 0 saturated carbocycles. The van der Waals surface area contributed by atoms with E-state index in [4.69, 9.17) is 18.9 Å².